The summed E-state index contributed by atoms with van der Waals surface area (Å²) in [5.41, 5.74) is 1.78. The number of rotatable bonds is 6. The van der Waals surface area contributed by atoms with Crippen molar-refractivity contribution < 1.29 is 18.1 Å². The molecular formula is C19H21NO4S. The quantitative estimate of drug-likeness (QED) is 0.655. The molecule has 0 fully saturated rings. The van der Waals surface area contributed by atoms with Gasteiger partial charge in [0.05, 0.1) is 23.9 Å². The predicted octanol–water partition coefficient (Wildman–Crippen LogP) is 3.89. The second kappa shape index (κ2) is 7.00. The zero-order valence-electron chi connectivity index (χ0n) is 14.0. The van der Waals surface area contributed by atoms with E-state index in [9.17, 15) is 18.1 Å². The van der Waals surface area contributed by atoms with Crippen molar-refractivity contribution in [1.29, 1.82) is 0 Å². The van der Waals surface area contributed by atoms with Gasteiger partial charge in [0, 0.05) is 5.39 Å². The Hall–Kier alpha value is -2.15. The number of hydrogen-bond acceptors (Lipinski definition) is 3. The van der Waals surface area contributed by atoms with Crippen LogP contribution in [0.25, 0.3) is 22.2 Å². The molecule has 0 bridgehead atoms. The lowest BCUT2D eigenvalue weighted by atomic mass is 10.1. The molecule has 0 spiro atoms. The predicted molar refractivity (Wildman–Crippen MR) is 98.2 cm³/mol. The van der Waals surface area contributed by atoms with Gasteiger partial charge in [-0.2, -0.15) is 8.42 Å². The lowest BCUT2D eigenvalue weighted by molar-refractivity contribution is 0.223. The van der Waals surface area contributed by atoms with Crippen LogP contribution in [-0.2, 0) is 10.1 Å². The van der Waals surface area contributed by atoms with Crippen LogP contribution < -0.4 is 0 Å². The molecule has 0 aliphatic rings. The van der Waals surface area contributed by atoms with Gasteiger partial charge in [0.1, 0.15) is 4.90 Å². The van der Waals surface area contributed by atoms with Crippen LogP contribution in [0.1, 0.15) is 25.8 Å². The van der Waals surface area contributed by atoms with Crippen molar-refractivity contribution in [2.24, 2.45) is 0 Å². The molecule has 2 aromatic carbocycles. The number of nitrogens with zero attached hydrogens (tertiary/aromatic N) is 1. The molecule has 1 unspecified atom stereocenters. The van der Waals surface area contributed by atoms with E-state index in [1.165, 1.54) is 0 Å². The zero-order chi connectivity index (χ0) is 18.0. The maximum absolute atomic E-state index is 12.2. The molecule has 1 aromatic heterocycles. The van der Waals surface area contributed by atoms with Crippen molar-refractivity contribution in [2.75, 3.05) is 6.61 Å². The molecule has 1 atom stereocenters. The highest BCUT2D eigenvalue weighted by atomic mass is 32.2. The average Bonchev–Trinajstić information content (AvgIpc) is 2.96. The molecule has 3 rings (SSSR count). The van der Waals surface area contributed by atoms with Crippen LogP contribution in [0.3, 0.4) is 0 Å². The van der Waals surface area contributed by atoms with Gasteiger partial charge in [0.25, 0.3) is 10.1 Å². The summed E-state index contributed by atoms with van der Waals surface area (Å²) < 4.78 is 36.2. The number of benzene rings is 2. The molecule has 0 saturated heterocycles. The molecule has 2 N–H and O–H groups in total. The molecule has 1 heterocycles. The van der Waals surface area contributed by atoms with E-state index in [4.69, 9.17) is 0 Å². The molecule has 5 nitrogen and oxygen atoms in total. The van der Waals surface area contributed by atoms with Gasteiger partial charge in [0.2, 0.25) is 0 Å². The van der Waals surface area contributed by atoms with Gasteiger partial charge >= 0.3 is 0 Å². The topological polar surface area (TPSA) is 79.5 Å². The van der Waals surface area contributed by atoms with Crippen LogP contribution in [-0.4, -0.2) is 29.3 Å². The van der Waals surface area contributed by atoms with Gasteiger partial charge in [-0.05, 0) is 18.1 Å². The molecule has 0 aliphatic heterocycles. The minimum absolute atomic E-state index is 0.108. The highest BCUT2D eigenvalue weighted by Gasteiger charge is 2.29. The third kappa shape index (κ3) is 3.20. The van der Waals surface area contributed by atoms with Crippen LogP contribution in [0.5, 0.6) is 0 Å². The second-order valence-corrected chi connectivity index (χ2v) is 7.39. The fourth-order valence-electron chi connectivity index (χ4n) is 3.37. The van der Waals surface area contributed by atoms with Crippen molar-refractivity contribution in [2.45, 2.75) is 30.7 Å². The lowest BCUT2D eigenvalue weighted by Gasteiger charge is -2.21. The minimum Gasteiger partial charge on any atom is -0.394 e. The first-order valence-corrected chi connectivity index (χ1v) is 9.69. The van der Waals surface area contributed by atoms with Crippen molar-refractivity contribution >= 4 is 21.0 Å². The van der Waals surface area contributed by atoms with Crippen molar-refractivity contribution in [3.63, 3.8) is 0 Å². The van der Waals surface area contributed by atoms with E-state index < -0.39 is 10.1 Å². The van der Waals surface area contributed by atoms with Gasteiger partial charge in [0.15, 0.2) is 0 Å². The highest BCUT2D eigenvalue weighted by Crippen LogP contribution is 2.39. The summed E-state index contributed by atoms with van der Waals surface area (Å²) in [6.45, 7) is 1.90. The second-order valence-electron chi connectivity index (χ2n) is 6.03. The zero-order valence-corrected chi connectivity index (χ0v) is 14.8. The number of aromatic nitrogens is 1. The first-order valence-electron chi connectivity index (χ1n) is 8.25. The maximum Gasteiger partial charge on any atom is 0.297 e. The van der Waals surface area contributed by atoms with E-state index in [1.54, 1.807) is 24.3 Å². The number of fused-ring (bicyclic) bond motifs is 1. The van der Waals surface area contributed by atoms with Gasteiger partial charge in [-0.1, -0.05) is 61.9 Å². The fraction of sp³-hybridized carbons (Fsp3) is 0.263. The summed E-state index contributed by atoms with van der Waals surface area (Å²) in [5, 5.41) is 10.4. The van der Waals surface area contributed by atoms with Crippen LogP contribution in [0.2, 0.25) is 0 Å². The van der Waals surface area contributed by atoms with E-state index in [2.05, 4.69) is 0 Å². The molecule has 0 radical (unpaired) electrons. The Balaban J connectivity index is 2.48. The van der Waals surface area contributed by atoms with Crippen LogP contribution in [0.15, 0.2) is 59.5 Å². The maximum atomic E-state index is 12.2. The van der Waals surface area contributed by atoms with E-state index in [-0.39, 0.29) is 17.5 Å². The third-order valence-corrected chi connectivity index (χ3v) is 5.30. The van der Waals surface area contributed by atoms with E-state index in [0.29, 0.717) is 28.6 Å². The van der Waals surface area contributed by atoms with Gasteiger partial charge in [-0.3, -0.25) is 4.55 Å². The summed E-state index contributed by atoms with van der Waals surface area (Å²) in [6.07, 6.45) is 1.53. The van der Waals surface area contributed by atoms with Gasteiger partial charge < -0.3 is 9.67 Å². The Morgan fingerprint density at radius 2 is 1.68 bits per heavy atom. The molecular weight excluding hydrogens is 338 g/mol. The molecule has 25 heavy (non-hydrogen) atoms. The summed E-state index contributed by atoms with van der Waals surface area (Å²) in [6, 6.07) is 15.9. The molecule has 0 aliphatic carbocycles. The Morgan fingerprint density at radius 3 is 2.28 bits per heavy atom. The first-order chi connectivity index (χ1) is 12.0. The number of hydrogen-bond donors (Lipinski definition) is 2. The van der Waals surface area contributed by atoms with Crippen molar-refractivity contribution in [3.05, 3.63) is 54.6 Å². The Kier molecular flexibility index (Phi) is 4.94. The molecule has 3 aromatic rings. The molecule has 0 amide bonds. The van der Waals surface area contributed by atoms with Crippen LogP contribution in [0.4, 0.5) is 0 Å². The first kappa shape index (κ1) is 17.7. The Bertz CT molecular complexity index is 977. The summed E-state index contributed by atoms with van der Waals surface area (Å²) >= 11 is 0. The Labute approximate surface area is 147 Å². The Morgan fingerprint density at radius 1 is 1.04 bits per heavy atom. The highest BCUT2D eigenvalue weighted by molar-refractivity contribution is 7.86. The van der Waals surface area contributed by atoms with Crippen LogP contribution >= 0.6 is 0 Å². The van der Waals surface area contributed by atoms with Gasteiger partial charge in [-0.15, -0.1) is 0 Å². The largest absolute Gasteiger partial charge is 0.394 e. The number of aliphatic hydroxyl groups excluding tert-OH is 1. The monoisotopic (exact) mass is 359 g/mol. The van der Waals surface area contributed by atoms with E-state index in [0.717, 1.165) is 6.42 Å². The number of aliphatic hydroxyl groups is 1. The smallest absolute Gasteiger partial charge is 0.297 e. The van der Waals surface area contributed by atoms with Crippen LogP contribution in [0, 0.1) is 0 Å². The third-order valence-electron chi connectivity index (χ3n) is 4.37. The summed E-state index contributed by atoms with van der Waals surface area (Å²) in [5.74, 6) is 0. The standard InChI is InChI=1S/C19H21NO4S/c1-2-8-15(13-21)20-17-12-7-6-11-16(17)19(25(22,23)24)18(20)14-9-4-3-5-10-14/h3-7,9-12,15,21H,2,8,13H2,1H3,(H,22,23,24). The molecule has 132 valence electrons. The normalized spacial score (nSPS) is 13.2. The average molecular weight is 359 g/mol. The minimum atomic E-state index is -4.45. The molecule has 0 saturated carbocycles. The van der Waals surface area contributed by atoms with E-state index >= 15 is 0 Å². The van der Waals surface area contributed by atoms with E-state index in [1.807, 2.05) is 41.8 Å². The van der Waals surface area contributed by atoms with Crippen molar-refractivity contribution in [1.82, 2.24) is 4.57 Å². The summed E-state index contributed by atoms with van der Waals surface area (Å²) in [4.78, 5) is -0.108. The molecule has 6 heteroatoms. The fourth-order valence-corrected chi connectivity index (χ4v) is 4.29. The van der Waals surface area contributed by atoms with Crippen molar-refractivity contribution in [3.8, 4) is 11.3 Å². The summed E-state index contributed by atoms with van der Waals surface area (Å²) in [7, 11) is -4.45. The van der Waals surface area contributed by atoms with Gasteiger partial charge in [-0.25, -0.2) is 0 Å². The number of para-hydroxylation sites is 1. The SMILES string of the molecule is CCCC(CO)n1c(-c2ccccc2)c(S(=O)(=O)O)c2ccccc21. The lowest BCUT2D eigenvalue weighted by Crippen LogP contribution is -2.15.